The maximum atomic E-state index is 13.4. The lowest BCUT2D eigenvalue weighted by Crippen LogP contribution is -2.57. The summed E-state index contributed by atoms with van der Waals surface area (Å²) in [7, 11) is 2.00. The molecule has 2 aromatic carbocycles. The number of aryl methyl sites for hydroxylation is 1. The Kier molecular flexibility index (Phi) is 4.84. The number of amides is 1. The van der Waals surface area contributed by atoms with Crippen molar-refractivity contribution in [2.24, 2.45) is 7.05 Å². The number of para-hydroxylation sites is 2. The highest BCUT2D eigenvalue weighted by Crippen LogP contribution is 2.35. The zero-order chi connectivity index (χ0) is 22.4. The van der Waals surface area contributed by atoms with Gasteiger partial charge in [0.05, 0.1) is 23.3 Å². The molecule has 1 spiro atoms. The van der Waals surface area contributed by atoms with Crippen LogP contribution in [0.3, 0.4) is 0 Å². The fourth-order valence-electron chi connectivity index (χ4n) is 5.51. The molecule has 4 heterocycles. The number of ether oxygens (including phenoxy) is 1. The van der Waals surface area contributed by atoms with Crippen molar-refractivity contribution in [1.82, 2.24) is 14.5 Å². The van der Waals surface area contributed by atoms with Gasteiger partial charge in [-0.3, -0.25) is 9.78 Å². The number of carbonyl (C=O) groups excluding carboxylic acids is 1. The van der Waals surface area contributed by atoms with Gasteiger partial charge < -0.3 is 19.1 Å². The van der Waals surface area contributed by atoms with Gasteiger partial charge in [0.2, 0.25) is 0 Å². The Morgan fingerprint density at radius 2 is 1.73 bits per heavy atom. The highest BCUT2D eigenvalue weighted by atomic mass is 16.5. The number of hydrogen-bond acceptors (Lipinski definition) is 4. The van der Waals surface area contributed by atoms with E-state index in [1.165, 1.54) is 11.1 Å². The predicted octanol–water partition coefficient (Wildman–Crippen LogP) is 4.24. The van der Waals surface area contributed by atoms with E-state index in [1.54, 1.807) is 0 Å². The zero-order valence-electron chi connectivity index (χ0n) is 18.9. The van der Waals surface area contributed by atoms with Crippen molar-refractivity contribution in [3.05, 3.63) is 72.6 Å². The van der Waals surface area contributed by atoms with Crippen molar-refractivity contribution in [3.8, 4) is 0 Å². The molecule has 0 radical (unpaired) electrons. The predicted molar refractivity (Wildman–Crippen MR) is 131 cm³/mol. The van der Waals surface area contributed by atoms with Crippen LogP contribution < -0.4 is 4.90 Å². The molecule has 2 aliphatic heterocycles. The van der Waals surface area contributed by atoms with E-state index in [0.717, 1.165) is 47.9 Å². The van der Waals surface area contributed by atoms with Gasteiger partial charge in [-0.2, -0.15) is 0 Å². The molecule has 0 unspecified atom stereocenters. The van der Waals surface area contributed by atoms with Crippen molar-refractivity contribution < 1.29 is 9.53 Å². The van der Waals surface area contributed by atoms with Crippen LogP contribution in [0.15, 0.2) is 67.0 Å². The van der Waals surface area contributed by atoms with E-state index >= 15 is 0 Å². The summed E-state index contributed by atoms with van der Waals surface area (Å²) in [6.07, 6.45) is 5.56. The maximum Gasteiger partial charge on any atom is 0.256 e. The van der Waals surface area contributed by atoms with Crippen LogP contribution in [0.1, 0.15) is 23.2 Å². The van der Waals surface area contributed by atoms with E-state index in [9.17, 15) is 4.79 Å². The monoisotopic (exact) mass is 440 g/mol. The van der Waals surface area contributed by atoms with Crippen molar-refractivity contribution in [2.45, 2.75) is 18.4 Å². The van der Waals surface area contributed by atoms with Crippen LogP contribution in [-0.4, -0.2) is 58.7 Å². The summed E-state index contributed by atoms with van der Waals surface area (Å²) >= 11 is 0. The molecule has 2 fully saturated rings. The first-order chi connectivity index (χ1) is 16.1. The topological polar surface area (TPSA) is 50.6 Å². The Bertz CT molecular complexity index is 1330. The van der Waals surface area contributed by atoms with Gasteiger partial charge in [0.1, 0.15) is 0 Å². The first-order valence-electron chi connectivity index (χ1n) is 11.7. The normalized spacial score (nSPS) is 18.3. The summed E-state index contributed by atoms with van der Waals surface area (Å²) in [6.45, 7) is 3.85. The highest BCUT2D eigenvalue weighted by molar-refractivity contribution is 6.07. The first-order valence-corrected chi connectivity index (χ1v) is 11.7. The lowest BCUT2D eigenvalue weighted by atomic mass is 9.88. The third-order valence-corrected chi connectivity index (χ3v) is 7.30. The number of hydrogen-bond donors (Lipinski definition) is 0. The molecule has 0 saturated carbocycles. The average molecular weight is 441 g/mol. The molecule has 0 N–H and O–H groups in total. The second kappa shape index (κ2) is 7.89. The van der Waals surface area contributed by atoms with Gasteiger partial charge >= 0.3 is 0 Å². The summed E-state index contributed by atoms with van der Waals surface area (Å²) in [4.78, 5) is 22.3. The fraction of sp³-hybridized carbons (Fsp3) is 0.333. The van der Waals surface area contributed by atoms with Gasteiger partial charge in [0, 0.05) is 67.6 Å². The Morgan fingerprint density at radius 1 is 0.970 bits per heavy atom. The summed E-state index contributed by atoms with van der Waals surface area (Å²) in [5.74, 6) is 0.120. The Hall–Kier alpha value is -3.38. The molecule has 6 rings (SSSR count). The fourth-order valence-corrected chi connectivity index (χ4v) is 5.51. The van der Waals surface area contributed by atoms with E-state index in [1.807, 2.05) is 53.2 Å². The molecular formula is C27H28N4O2. The molecule has 168 valence electrons. The molecule has 2 aromatic heterocycles. The first kappa shape index (κ1) is 20.2. The summed E-state index contributed by atoms with van der Waals surface area (Å²) in [6, 6.07) is 18.5. The Morgan fingerprint density at radius 3 is 2.58 bits per heavy atom. The van der Waals surface area contributed by atoms with Gasteiger partial charge in [-0.25, -0.2) is 0 Å². The number of likely N-dealkylation sites (tertiary alicyclic amines) is 1. The second-order valence-corrected chi connectivity index (χ2v) is 9.26. The van der Waals surface area contributed by atoms with Gasteiger partial charge in [-0.1, -0.05) is 36.4 Å². The molecule has 0 aliphatic carbocycles. The Labute approximate surface area is 193 Å². The van der Waals surface area contributed by atoms with Gasteiger partial charge in [0.25, 0.3) is 5.91 Å². The van der Waals surface area contributed by atoms with Crippen molar-refractivity contribution in [2.75, 3.05) is 37.7 Å². The molecule has 33 heavy (non-hydrogen) atoms. The third kappa shape index (κ3) is 3.45. The van der Waals surface area contributed by atoms with Gasteiger partial charge in [0.15, 0.2) is 0 Å². The molecule has 0 atom stereocenters. The number of pyridine rings is 1. The number of aromatic nitrogens is 2. The molecule has 0 bridgehead atoms. The van der Waals surface area contributed by atoms with Crippen LogP contribution >= 0.6 is 0 Å². The summed E-state index contributed by atoms with van der Waals surface area (Å²) in [5.41, 5.74) is 3.91. The van der Waals surface area contributed by atoms with E-state index in [0.29, 0.717) is 19.7 Å². The molecular weight excluding hydrogens is 412 g/mol. The number of rotatable bonds is 2. The second-order valence-electron chi connectivity index (χ2n) is 9.26. The van der Waals surface area contributed by atoms with Crippen molar-refractivity contribution in [1.29, 1.82) is 0 Å². The van der Waals surface area contributed by atoms with Gasteiger partial charge in [-0.05, 0) is 31.0 Å². The average Bonchev–Trinajstić information content (AvgIpc) is 3.20. The van der Waals surface area contributed by atoms with Crippen molar-refractivity contribution >= 4 is 33.4 Å². The molecule has 4 aromatic rings. The maximum absolute atomic E-state index is 13.4. The number of piperidine rings is 1. The summed E-state index contributed by atoms with van der Waals surface area (Å²) in [5, 5.41) is 2.20. The van der Waals surface area contributed by atoms with Crippen LogP contribution in [0, 0.1) is 0 Å². The Balaban J connectivity index is 1.20. The van der Waals surface area contributed by atoms with Gasteiger partial charge in [-0.15, -0.1) is 0 Å². The van der Waals surface area contributed by atoms with Crippen LogP contribution in [0.5, 0.6) is 0 Å². The lowest BCUT2D eigenvalue weighted by molar-refractivity contribution is -0.0868. The zero-order valence-corrected chi connectivity index (χ0v) is 18.9. The number of nitrogens with zero attached hydrogens (tertiary/aromatic N) is 4. The molecule has 6 heteroatoms. The molecule has 1 amide bonds. The smallest absolute Gasteiger partial charge is 0.256 e. The molecule has 2 saturated heterocycles. The number of benzene rings is 2. The quantitative estimate of drug-likeness (QED) is 0.468. The number of anilines is 1. The largest absolute Gasteiger partial charge is 0.371 e. The SMILES string of the molecule is Cn1cc(C(=O)N2CCC3(CC2)CN(c2ccnc4ccccc24)CCO3)c2ccccc21. The van der Waals surface area contributed by atoms with E-state index < -0.39 is 0 Å². The minimum Gasteiger partial charge on any atom is -0.371 e. The van der Waals surface area contributed by atoms with E-state index in [2.05, 4.69) is 40.2 Å². The van der Waals surface area contributed by atoms with E-state index in [-0.39, 0.29) is 11.5 Å². The molecule has 6 nitrogen and oxygen atoms in total. The number of fused-ring (bicyclic) bond motifs is 2. The van der Waals surface area contributed by atoms with Crippen LogP contribution in [0.4, 0.5) is 5.69 Å². The van der Waals surface area contributed by atoms with Crippen LogP contribution in [-0.2, 0) is 11.8 Å². The lowest BCUT2D eigenvalue weighted by Gasteiger charge is -2.48. The van der Waals surface area contributed by atoms with Crippen molar-refractivity contribution in [3.63, 3.8) is 0 Å². The van der Waals surface area contributed by atoms with Crippen LogP contribution in [0.2, 0.25) is 0 Å². The highest BCUT2D eigenvalue weighted by Gasteiger charge is 2.41. The number of morpholine rings is 1. The van der Waals surface area contributed by atoms with E-state index in [4.69, 9.17) is 4.74 Å². The number of carbonyl (C=O) groups is 1. The van der Waals surface area contributed by atoms with Crippen LogP contribution in [0.25, 0.3) is 21.8 Å². The molecule has 2 aliphatic rings. The standard InChI is InChI=1S/C27H28N4O2/c1-29-18-22(20-6-3-5-9-24(20)29)26(32)30-14-11-27(12-15-30)19-31(16-17-33-27)25-10-13-28-23-8-4-2-7-21(23)25/h2-10,13,18H,11-12,14-17,19H2,1H3. The summed E-state index contributed by atoms with van der Waals surface area (Å²) < 4.78 is 8.42. The minimum absolute atomic E-state index is 0.120. The minimum atomic E-state index is -0.210. The third-order valence-electron chi connectivity index (χ3n) is 7.30.